The summed E-state index contributed by atoms with van der Waals surface area (Å²) in [7, 11) is 0. The molecule has 1 nitrogen and oxygen atoms in total. The number of para-hydroxylation sites is 1. The molecule has 0 spiro atoms. The minimum absolute atomic E-state index is 0.819. The quantitative estimate of drug-likeness (QED) is 0.669. The zero-order valence-electron chi connectivity index (χ0n) is 12.0. The van der Waals surface area contributed by atoms with Gasteiger partial charge in [-0.25, -0.2) is 0 Å². The molecule has 0 aliphatic carbocycles. The van der Waals surface area contributed by atoms with Gasteiger partial charge in [-0.15, -0.1) is 6.58 Å². The molecule has 2 rings (SSSR count). The second-order valence-corrected chi connectivity index (χ2v) is 4.95. The molecule has 0 saturated carbocycles. The summed E-state index contributed by atoms with van der Waals surface area (Å²) in [4.78, 5) is 2.33. The van der Waals surface area contributed by atoms with Crippen molar-refractivity contribution in [3.05, 3.63) is 85.0 Å². The van der Waals surface area contributed by atoms with Crippen LogP contribution in [0, 0.1) is 0 Å². The monoisotopic (exact) mass is 263 g/mol. The lowest BCUT2D eigenvalue weighted by Gasteiger charge is -2.26. The molecule has 0 atom stereocenters. The van der Waals surface area contributed by atoms with Crippen molar-refractivity contribution in [2.24, 2.45) is 0 Å². The summed E-state index contributed by atoms with van der Waals surface area (Å²) in [5.41, 5.74) is 4.79. The van der Waals surface area contributed by atoms with Gasteiger partial charge < -0.3 is 4.90 Å². The van der Waals surface area contributed by atoms with E-state index in [0.717, 1.165) is 18.7 Å². The smallest absolute Gasteiger partial charge is 0.0448 e. The van der Waals surface area contributed by atoms with Gasteiger partial charge in [0, 0.05) is 24.3 Å². The summed E-state index contributed by atoms with van der Waals surface area (Å²) in [6, 6.07) is 18.9. The number of hydrogen-bond acceptors (Lipinski definition) is 1. The van der Waals surface area contributed by atoms with Crippen LogP contribution in [-0.2, 0) is 6.54 Å². The van der Waals surface area contributed by atoms with Crippen molar-refractivity contribution in [1.82, 2.24) is 0 Å². The highest BCUT2D eigenvalue weighted by Crippen LogP contribution is 2.27. The highest BCUT2D eigenvalue weighted by Gasteiger charge is 2.10. The van der Waals surface area contributed by atoms with Gasteiger partial charge in [0.2, 0.25) is 0 Å². The van der Waals surface area contributed by atoms with Gasteiger partial charge in [-0.05, 0) is 24.1 Å². The maximum absolute atomic E-state index is 4.08. The Morgan fingerprint density at radius 2 is 1.70 bits per heavy atom. The maximum atomic E-state index is 4.08. The van der Waals surface area contributed by atoms with Crippen LogP contribution in [0.4, 0.5) is 5.69 Å². The van der Waals surface area contributed by atoms with E-state index in [-0.39, 0.29) is 0 Å². The van der Waals surface area contributed by atoms with Crippen molar-refractivity contribution in [1.29, 1.82) is 0 Å². The fraction of sp³-hybridized carbons (Fsp3) is 0.158. The molecule has 0 aliphatic rings. The first-order valence-electron chi connectivity index (χ1n) is 6.87. The molecule has 0 aliphatic heterocycles. The molecule has 0 fully saturated rings. The number of nitrogens with zero attached hydrogens (tertiary/aromatic N) is 1. The highest BCUT2D eigenvalue weighted by molar-refractivity contribution is 5.74. The maximum Gasteiger partial charge on any atom is 0.0448 e. The van der Waals surface area contributed by atoms with E-state index in [0.29, 0.717) is 0 Å². The van der Waals surface area contributed by atoms with Gasteiger partial charge in [0.1, 0.15) is 0 Å². The first-order valence-corrected chi connectivity index (χ1v) is 6.87. The molecular formula is C19H21N. The molecule has 0 unspecified atom stereocenters. The molecule has 0 radical (unpaired) electrons. The van der Waals surface area contributed by atoms with E-state index in [2.05, 4.69) is 66.6 Å². The summed E-state index contributed by atoms with van der Waals surface area (Å²) in [6.07, 6.45) is 1.94. The number of anilines is 1. The fourth-order valence-electron chi connectivity index (χ4n) is 2.32. The van der Waals surface area contributed by atoms with Gasteiger partial charge >= 0.3 is 0 Å². The summed E-state index contributed by atoms with van der Waals surface area (Å²) in [5.74, 6) is 0. The molecule has 0 N–H and O–H groups in total. The molecule has 20 heavy (non-hydrogen) atoms. The van der Waals surface area contributed by atoms with Crippen LogP contribution in [0.15, 0.2) is 73.8 Å². The average molecular weight is 263 g/mol. The topological polar surface area (TPSA) is 3.24 Å². The van der Waals surface area contributed by atoms with E-state index in [1.165, 1.54) is 16.8 Å². The molecule has 2 aromatic carbocycles. The minimum Gasteiger partial charge on any atom is -0.363 e. The van der Waals surface area contributed by atoms with Crippen LogP contribution >= 0.6 is 0 Å². The lowest BCUT2D eigenvalue weighted by Crippen LogP contribution is -2.23. The van der Waals surface area contributed by atoms with Gasteiger partial charge in [-0.2, -0.15) is 0 Å². The molecule has 1 heteroatoms. The third-order valence-electron chi connectivity index (χ3n) is 3.27. The molecule has 0 bridgehead atoms. The van der Waals surface area contributed by atoms with Crippen molar-refractivity contribution >= 4 is 11.3 Å². The normalized spacial score (nSPS) is 10.1. The van der Waals surface area contributed by atoms with Crippen molar-refractivity contribution in [3.63, 3.8) is 0 Å². The Kier molecular flexibility index (Phi) is 4.78. The van der Waals surface area contributed by atoms with Crippen LogP contribution in [0.3, 0.4) is 0 Å². The lowest BCUT2D eigenvalue weighted by atomic mass is 10.0. The van der Waals surface area contributed by atoms with Crippen molar-refractivity contribution in [2.75, 3.05) is 11.4 Å². The Morgan fingerprint density at radius 3 is 2.35 bits per heavy atom. The Balaban J connectivity index is 2.33. The third-order valence-corrected chi connectivity index (χ3v) is 3.27. The van der Waals surface area contributed by atoms with Crippen molar-refractivity contribution in [2.45, 2.75) is 13.5 Å². The Morgan fingerprint density at radius 1 is 1.05 bits per heavy atom. The third kappa shape index (κ3) is 3.39. The van der Waals surface area contributed by atoms with Crippen LogP contribution < -0.4 is 4.90 Å². The molecule has 0 aromatic heterocycles. The Labute approximate surface area is 121 Å². The van der Waals surface area contributed by atoms with Crippen molar-refractivity contribution in [3.8, 4) is 0 Å². The van der Waals surface area contributed by atoms with Gasteiger partial charge in [-0.1, -0.05) is 61.2 Å². The van der Waals surface area contributed by atoms with Gasteiger partial charge in [0.15, 0.2) is 0 Å². The van der Waals surface area contributed by atoms with E-state index in [9.17, 15) is 0 Å². The van der Waals surface area contributed by atoms with E-state index in [4.69, 9.17) is 0 Å². The number of hydrogen-bond donors (Lipinski definition) is 0. The minimum atomic E-state index is 0.819. The molecule has 2 aromatic rings. The summed E-state index contributed by atoms with van der Waals surface area (Å²) >= 11 is 0. The zero-order chi connectivity index (χ0) is 14.4. The van der Waals surface area contributed by atoms with E-state index in [1.807, 2.05) is 19.1 Å². The van der Waals surface area contributed by atoms with Crippen LogP contribution in [0.2, 0.25) is 0 Å². The zero-order valence-corrected chi connectivity index (χ0v) is 12.0. The van der Waals surface area contributed by atoms with Gasteiger partial charge in [0.05, 0.1) is 0 Å². The molecule has 0 saturated heterocycles. The lowest BCUT2D eigenvalue weighted by molar-refractivity contribution is 0.866. The molecule has 0 heterocycles. The van der Waals surface area contributed by atoms with Crippen LogP contribution in [0.5, 0.6) is 0 Å². The second kappa shape index (κ2) is 6.76. The highest BCUT2D eigenvalue weighted by atomic mass is 15.1. The fourth-order valence-corrected chi connectivity index (χ4v) is 2.32. The van der Waals surface area contributed by atoms with Crippen LogP contribution in [-0.4, -0.2) is 6.54 Å². The predicted molar refractivity (Wildman–Crippen MR) is 88.8 cm³/mol. The molecular weight excluding hydrogens is 242 g/mol. The molecule has 0 amide bonds. The van der Waals surface area contributed by atoms with Crippen LogP contribution in [0.25, 0.3) is 5.57 Å². The van der Waals surface area contributed by atoms with Crippen molar-refractivity contribution < 1.29 is 0 Å². The second-order valence-electron chi connectivity index (χ2n) is 4.95. The largest absolute Gasteiger partial charge is 0.363 e. The standard InChI is InChI=1S/C19H21N/c1-4-14-20(15-17-10-6-5-7-11-17)19-13-9-8-12-18(19)16(2)3/h4-13H,1-2,14-15H2,3H3. The predicted octanol–water partition coefficient (Wildman–Crippen LogP) is 4.91. The van der Waals surface area contributed by atoms with E-state index < -0.39 is 0 Å². The van der Waals surface area contributed by atoms with Gasteiger partial charge in [-0.3, -0.25) is 0 Å². The Bertz CT molecular complexity index is 584. The average Bonchev–Trinajstić information content (AvgIpc) is 2.48. The molecule has 102 valence electrons. The summed E-state index contributed by atoms with van der Waals surface area (Å²) in [5, 5.41) is 0. The number of benzene rings is 2. The number of allylic oxidation sites excluding steroid dienone is 1. The van der Waals surface area contributed by atoms with Crippen LogP contribution in [0.1, 0.15) is 18.1 Å². The first-order chi connectivity index (χ1) is 9.72. The first kappa shape index (κ1) is 14.1. The summed E-state index contributed by atoms with van der Waals surface area (Å²) in [6.45, 7) is 11.7. The van der Waals surface area contributed by atoms with E-state index in [1.54, 1.807) is 0 Å². The summed E-state index contributed by atoms with van der Waals surface area (Å²) < 4.78 is 0. The van der Waals surface area contributed by atoms with E-state index >= 15 is 0 Å². The Hall–Kier alpha value is -2.28. The van der Waals surface area contributed by atoms with Gasteiger partial charge in [0.25, 0.3) is 0 Å². The SMILES string of the molecule is C=CCN(Cc1ccccc1)c1ccccc1C(=C)C. The number of rotatable bonds is 6.